The quantitative estimate of drug-likeness (QED) is 0.798. The molecule has 0 saturated carbocycles. The number of hydrogen-bond acceptors (Lipinski definition) is 5. The summed E-state index contributed by atoms with van der Waals surface area (Å²) in [6.45, 7) is 1.85. The van der Waals surface area contributed by atoms with Gasteiger partial charge in [0.25, 0.3) is 0 Å². The summed E-state index contributed by atoms with van der Waals surface area (Å²) in [4.78, 5) is 16.0. The number of benzene rings is 1. The normalized spacial score (nSPS) is 10.6. The largest absolute Gasteiger partial charge is 0.461 e. The lowest BCUT2D eigenvalue weighted by atomic mass is 10.2. The van der Waals surface area contributed by atoms with Gasteiger partial charge in [-0.2, -0.15) is 9.67 Å². The van der Waals surface area contributed by atoms with Gasteiger partial charge in [-0.3, -0.25) is 4.79 Å². The Hall–Kier alpha value is -2.60. The lowest BCUT2D eigenvalue weighted by Gasteiger charge is -2.06. The van der Waals surface area contributed by atoms with E-state index in [1.54, 1.807) is 12.1 Å². The van der Waals surface area contributed by atoms with Crippen LogP contribution in [0.4, 0.5) is 5.95 Å². The van der Waals surface area contributed by atoms with Crippen molar-refractivity contribution in [1.82, 2.24) is 14.8 Å². The van der Waals surface area contributed by atoms with Crippen molar-refractivity contribution in [3.8, 4) is 11.6 Å². The van der Waals surface area contributed by atoms with Gasteiger partial charge >= 0.3 is 0 Å². The SMILES string of the molecule is CC(=O)n1nc(-c2ccco2)nc1NCc1ccccc1Cl. The monoisotopic (exact) mass is 316 g/mol. The molecule has 7 heteroatoms. The Morgan fingerprint density at radius 1 is 1.32 bits per heavy atom. The van der Waals surface area contributed by atoms with Gasteiger partial charge in [0.2, 0.25) is 17.7 Å². The molecule has 0 unspecified atom stereocenters. The summed E-state index contributed by atoms with van der Waals surface area (Å²) in [5.74, 6) is 0.952. The first kappa shape index (κ1) is 14.3. The summed E-state index contributed by atoms with van der Waals surface area (Å²) >= 11 is 6.11. The number of aromatic nitrogens is 3. The molecule has 0 aliphatic carbocycles. The maximum Gasteiger partial charge on any atom is 0.246 e. The third-order valence-electron chi connectivity index (χ3n) is 3.04. The van der Waals surface area contributed by atoms with Crippen molar-refractivity contribution in [2.75, 3.05) is 5.32 Å². The van der Waals surface area contributed by atoms with Crippen LogP contribution in [-0.2, 0) is 6.54 Å². The molecule has 2 heterocycles. The molecule has 6 nitrogen and oxygen atoms in total. The van der Waals surface area contributed by atoms with Crippen molar-refractivity contribution < 1.29 is 9.21 Å². The second kappa shape index (κ2) is 6.03. The molecule has 0 aliphatic heterocycles. The molecule has 0 radical (unpaired) electrons. The van der Waals surface area contributed by atoms with E-state index in [-0.39, 0.29) is 5.91 Å². The van der Waals surface area contributed by atoms with E-state index in [2.05, 4.69) is 15.4 Å². The molecule has 0 spiro atoms. The van der Waals surface area contributed by atoms with Crippen molar-refractivity contribution in [3.05, 3.63) is 53.2 Å². The van der Waals surface area contributed by atoms with E-state index < -0.39 is 0 Å². The third kappa shape index (κ3) is 2.87. The van der Waals surface area contributed by atoms with Crippen LogP contribution in [0.3, 0.4) is 0 Å². The van der Waals surface area contributed by atoms with Gasteiger partial charge in [-0.1, -0.05) is 29.8 Å². The van der Waals surface area contributed by atoms with E-state index in [0.717, 1.165) is 5.56 Å². The molecule has 22 heavy (non-hydrogen) atoms. The fraction of sp³-hybridized carbons (Fsp3) is 0.133. The maximum atomic E-state index is 11.7. The Morgan fingerprint density at radius 2 is 2.14 bits per heavy atom. The second-order valence-electron chi connectivity index (χ2n) is 4.61. The van der Waals surface area contributed by atoms with Crippen LogP contribution in [0.15, 0.2) is 47.1 Å². The topological polar surface area (TPSA) is 73.0 Å². The molecule has 0 atom stereocenters. The molecule has 3 rings (SSSR count). The van der Waals surface area contributed by atoms with Gasteiger partial charge in [0.15, 0.2) is 5.76 Å². The molecule has 1 N–H and O–H groups in total. The first-order valence-corrected chi connectivity index (χ1v) is 7.02. The maximum absolute atomic E-state index is 11.7. The van der Waals surface area contributed by atoms with Gasteiger partial charge in [0.05, 0.1) is 6.26 Å². The van der Waals surface area contributed by atoms with E-state index in [1.807, 2.05) is 24.3 Å². The van der Waals surface area contributed by atoms with E-state index in [4.69, 9.17) is 16.0 Å². The van der Waals surface area contributed by atoms with E-state index in [0.29, 0.717) is 29.1 Å². The number of rotatable bonds is 4. The minimum atomic E-state index is -0.244. The average molecular weight is 317 g/mol. The van der Waals surface area contributed by atoms with Crippen molar-refractivity contribution in [3.63, 3.8) is 0 Å². The van der Waals surface area contributed by atoms with Crippen molar-refractivity contribution >= 4 is 23.5 Å². The lowest BCUT2D eigenvalue weighted by Crippen LogP contribution is -2.13. The van der Waals surface area contributed by atoms with Crippen molar-refractivity contribution in [2.45, 2.75) is 13.5 Å². The first-order valence-electron chi connectivity index (χ1n) is 6.64. The van der Waals surface area contributed by atoms with Gasteiger partial charge < -0.3 is 9.73 Å². The van der Waals surface area contributed by atoms with Crippen molar-refractivity contribution in [2.24, 2.45) is 0 Å². The van der Waals surface area contributed by atoms with Crippen LogP contribution in [-0.4, -0.2) is 20.7 Å². The molecule has 0 bridgehead atoms. The van der Waals surface area contributed by atoms with Gasteiger partial charge in [0, 0.05) is 18.5 Å². The Labute approximate surface area is 131 Å². The predicted octanol–water partition coefficient (Wildman–Crippen LogP) is 3.46. The minimum absolute atomic E-state index is 0.244. The van der Waals surface area contributed by atoms with Crippen LogP contribution in [0.25, 0.3) is 11.6 Å². The highest BCUT2D eigenvalue weighted by atomic mass is 35.5. The number of anilines is 1. The van der Waals surface area contributed by atoms with Crippen molar-refractivity contribution in [1.29, 1.82) is 0 Å². The molecule has 112 valence electrons. The molecule has 1 aromatic carbocycles. The summed E-state index contributed by atoms with van der Waals surface area (Å²) in [5.41, 5.74) is 0.904. The molecular weight excluding hydrogens is 304 g/mol. The highest BCUT2D eigenvalue weighted by molar-refractivity contribution is 6.31. The molecule has 0 fully saturated rings. The molecule has 2 aromatic heterocycles. The second-order valence-corrected chi connectivity index (χ2v) is 5.02. The van der Waals surface area contributed by atoms with Crippen LogP contribution < -0.4 is 5.32 Å². The zero-order valence-electron chi connectivity index (χ0n) is 11.8. The zero-order valence-corrected chi connectivity index (χ0v) is 12.5. The molecule has 0 saturated heterocycles. The van der Waals surface area contributed by atoms with E-state index in [9.17, 15) is 4.79 Å². The Bertz CT molecular complexity index is 796. The lowest BCUT2D eigenvalue weighted by molar-refractivity contribution is 0.0923. The first-order chi connectivity index (χ1) is 10.6. The summed E-state index contributed by atoms with van der Waals surface area (Å²) in [7, 11) is 0. The standard InChI is InChI=1S/C15H13ClN4O2/c1-10(21)20-15(17-9-11-5-2-3-6-12(11)16)18-14(19-20)13-7-4-8-22-13/h2-8H,9H2,1H3,(H,17,18,19). The number of nitrogens with one attached hydrogen (secondary N) is 1. The smallest absolute Gasteiger partial charge is 0.246 e. The summed E-state index contributed by atoms with van der Waals surface area (Å²) in [5, 5.41) is 7.88. The predicted molar refractivity (Wildman–Crippen MR) is 82.8 cm³/mol. The highest BCUT2D eigenvalue weighted by Crippen LogP contribution is 2.20. The highest BCUT2D eigenvalue weighted by Gasteiger charge is 2.16. The number of hydrogen-bond donors (Lipinski definition) is 1. The van der Waals surface area contributed by atoms with Crippen LogP contribution >= 0.6 is 11.6 Å². The molecule has 0 amide bonds. The number of carbonyl (C=O) groups excluding carboxylic acids is 1. The van der Waals surface area contributed by atoms with Gasteiger partial charge in [-0.05, 0) is 23.8 Å². The van der Waals surface area contributed by atoms with E-state index in [1.165, 1.54) is 17.9 Å². The number of carbonyl (C=O) groups is 1. The number of halogens is 1. The van der Waals surface area contributed by atoms with Crippen LogP contribution in [0.1, 0.15) is 17.3 Å². The van der Waals surface area contributed by atoms with Gasteiger partial charge in [-0.25, -0.2) is 0 Å². The average Bonchev–Trinajstić information content (AvgIpc) is 3.15. The summed E-state index contributed by atoms with van der Waals surface area (Å²) in [6, 6.07) is 10.9. The molecule has 3 aromatic rings. The Balaban J connectivity index is 1.86. The van der Waals surface area contributed by atoms with Crippen LogP contribution in [0, 0.1) is 0 Å². The van der Waals surface area contributed by atoms with Crippen LogP contribution in [0.2, 0.25) is 5.02 Å². The van der Waals surface area contributed by atoms with Gasteiger partial charge in [0.1, 0.15) is 0 Å². The Kier molecular flexibility index (Phi) is 3.93. The fourth-order valence-electron chi connectivity index (χ4n) is 1.97. The van der Waals surface area contributed by atoms with Gasteiger partial charge in [-0.15, -0.1) is 5.10 Å². The molecule has 0 aliphatic rings. The number of nitrogens with zero attached hydrogens (tertiary/aromatic N) is 3. The Morgan fingerprint density at radius 3 is 2.82 bits per heavy atom. The summed E-state index contributed by atoms with van der Waals surface area (Å²) in [6.07, 6.45) is 1.53. The zero-order chi connectivity index (χ0) is 15.5. The third-order valence-corrected chi connectivity index (χ3v) is 3.41. The minimum Gasteiger partial charge on any atom is -0.461 e. The van der Waals surface area contributed by atoms with E-state index >= 15 is 0 Å². The molecular formula is C15H13ClN4O2. The van der Waals surface area contributed by atoms with Crippen LogP contribution in [0.5, 0.6) is 0 Å². The summed E-state index contributed by atoms with van der Waals surface area (Å²) < 4.78 is 6.45. The number of furan rings is 1. The fourth-order valence-corrected chi connectivity index (χ4v) is 2.17.